The van der Waals surface area contributed by atoms with Gasteiger partial charge < -0.3 is 9.47 Å². The van der Waals surface area contributed by atoms with Crippen LogP contribution in [0.15, 0.2) is 0 Å². The van der Waals surface area contributed by atoms with Crippen molar-refractivity contribution in [3.8, 4) is 0 Å². The third-order valence-corrected chi connectivity index (χ3v) is 6.54. The summed E-state index contributed by atoms with van der Waals surface area (Å²) in [5, 5.41) is 0. The van der Waals surface area contributed by atoms with Gasteiger partial charge in [-0.05, 0) is 62.2 Å². The van der Waals surface area contributed by atoms with E-state index in [2.05, 4.69) is 6.92 Å². The van der Waals surface area contributed by atoms with Crippen molar-refractivity contribution in [1.29, 1.82) is 0 Å². The smallest absolute Gasteiger partial charge is 0.0581 e. The zero-order chi connectivity index (χ0) is 12.2. The maximum Gasteiger partial charge on any atom is 0.0581 e. The molecule has 4 unspecified atom stereocenters. The fourth-order valence-electron chi connectivity index (χ4n) is 5.18. The van der Waals surface area contributed by atoms with E-state index in [-0.39, 0.29) is 0 Å². The van der Waals surface area contributed by atoms with E-state index in [0.717, 1.165) is 43.5 Å². The molecule has 0 amide bonds. The fourth-order valence-corrected chi connectivity index (χ4v) is 5.18. The average molecular weight is 250 g/mol. The minimum Gasteiger partial charge on any atom is -0.380 e. The number of hydrogen-bond donors (Lipinski definition) is 0. The van der Waals surface area contributed by atoms with E-state index in [9.17, 15) is 0 Å². The van der Waals surface area contributed by atoms with Gasteiger partial charge in [0.25, 0.3) is 0 Å². The van der Waals surface area contributed by atoms with Crippen molar-refractivity contribution in [2.24, 2.45) is 29.1 Å². The molecular formula is C16H26O2. The summed E-state index contributed by atoms with van der Waals surface area (Å²) in [6, 6.07) is 0. The molecule has 0 N–H and O–H groups in total. The Morgan fingerprint density at radius 1 is 1.06 bits per heavy atom. The van der Waals surface area contributed by atoms with Crippen molar-refractivity contribution in [1.82, 2.24) is 0 Å². The van der Waals surface area contributed by atoms with Crippen molar-refractivity contribution < 1.29 is 9.47 Å². The Kier molecular flexibility index (Phi) is 2.74. The molecule has 0 aromatic heterocycles. The first kappa shape index (κ1) is 11.7. The second-order valence-electron chi connectivity index (χ2n) is 7.41. The van der Waals surface area contributed by atoms with Gasteiger partial charge in [-0.2, -0.15) is 0 Å². The molecule has 18 heavy (non-hydrogen) atoms. The molecule has 4 rings (SSSR count). The van der Waals surface area contributed by atoms with Gasteiger partial charge in [0.05, 0.1) is 25.9 Å². The van der Waals surface area contributed by atoms with Gasteiger partial charge in [-0.15, -0.1) is 0 Å². The molecule has 4 aliphatic rings. The van der Waals surface area contributed by atoms with Gasteiger partial charge in [0.2, 0.25) is 0 Å². The topological polar surface area (TPSA) is 18.5 Å². The molecule has 102 valence electrons. The molecule has 0 aromatic carbocycles. The Labute approximate surface area is 110 Å². The molecule has 1 saturated heterocycles. The Morgan fingerprint density at radius 2 is 1.72 bits per heavy atom. The first-order chi connectivity index (χ1) is 8.80. The van der Waals surface area contributed by atoms with E-state index >= 15 is 0 Å². The second-order valence-corrected chi connectivity index (χ2v) is 7.41. The minimum atomic E-state index is 0.372. The van der Waals surface area contributed by atoms with Crippen molar-refractivity contribution in [3.05, 3.63) is 0 Å². The van der Waals surface area contributed by atoms with Crippen LogP contribution in [-0.2, 0) is 9.47 Å². The quantitative estimate of drug-likeness (QED) is 0.762. The summed E-state index contributed by atoms with van der Waals surface area (Å²) in [7, 11) is 0. The van der Waals surface area contributed by atoms with Crippen molar-refractivity contribution in [2.75, 3.05) is 19.8 Å². The minimum absolute atomic E-state index is 0.372. The predicted molar refractivity (Wildman–Crippen MR) is 70.3 cm³/mol. The van der Waals surface area contributed by atoms with E-state index in [1.165, 1.54) is 32.1 Å². The van der Waals surface area contributed by atoms with E-state index in [1.54, 1.807) is 6.42 Å². The molecule has 0 aromatic rings. The molecule has 1 aliphatic heterocycles. The first-order valence-electron chi connectivity index (χ1n) is 7.99. The maximum absolute atomic E-state index is 6.28. The van der Waals surface area contributed by atoms with E-state index in [4.69, 9.17) is 9.47 Å². The molecule has 3 saturated carbocycles. The number of ether oxygens (including phenoxy) is 2. The highest BCUT2D eigenvalue weighted by Gasteiger charge is 2.52. The van der Waals surface area contributed by atoms with Crippen LogP contribution in [0.4, 0.5) is 0 Å². The maximum atomic E-state index is 6.28. The van der Waals surface area contributed by atoms with E-state index in [0.29, 0.717) is 11.5 Å². The molecule has 1 heterocycles. The van der Waals surface area contributed by atoms with Gasteiger partial charge in [-0.3, -0.25) is 0 Å². The predicted octanol–water partition coefficient (Wildman–Crippen LogP) is 3.25. The van der Waals surface area contributed by atoms with E-state index < -0.39 is 0 Å². The Morgan fingerprint density at radius 3 is 2.22 bits per heavy atom. The van der Waals surface area contributed by atoms with Gasteiger partial charge in [0.15, 0.2) is 0 Å². The molecule has 2 heteroatoms. The fraction of sp³-hybridized carbons (Fsp3) is 1.00. The van der Waals surface area contributed by atoms with Crippen LogP contribution in [0.2, 0.25) is 0 Å². The molecule has 4 atom stereocenters. The highest BCUT2D eigenvalue weighted by atomic mass is 16.5. The summed E-state index contributed by atoms with van der Waals surface area (Å²) in [4.78, 5) is 0. The van der Waals surface area contributed by atoms with Gasteiger partial charge in [0.1, 0.15) is 0 Å². The number of hydrogen-bond acceptors (Lipinski definition) is 2. The molecule has 0 radical (unpaired) electrons. The van der Waals surface area contributed by atoms with Gasteiger partial charge >= 0.3 is 0 Å². The Balaban J connectivity index is 1.32. The SMILES string of the molecule is CCC1(COC2CC3C4CCC(C4)C3C2)COC1. The molecule has 4 fully saturated rings. The van der Waals surface area contributed by atoms with Gasteiger partial charge in [-0.25, -0.2) is 0 Å². The Hall–Kier alpha value is -0.0800. The molecule has 2 bridgehead atoms. The van der Waals surface area contributed by atoms with Crippen LogP contribution < -0.4 is 0 Å². The second kappa shape index (κ2) is 4.21. The van der Waals surface area contributed by atoms with Crippen molar-refractivity contribution >= 4 is 0 Å². The normalized spacial score (nSPS) is 48.2. The zero-order valence-corrected chi connectivity index (χ0v) is 11.6. The third kappa shape index (κ3) is 1.68. The van der Waals surface area contributed by atoms with Gasteiger partial charge in [0, 0.05) is 5.41 Å². The molecule has 3 aliphatic carbocycles. The van der Waals surface area contributed by atoms with Crippen LogP contribution in [-0.4, -0.2) is 25.9 Å². The standard InChI is InChI=1S/C16H26O2/c1-2-16(8-17-9-16)10-18-13-6-14-11-3-4-12(5-11)15(14)7-13/h11-15H,2-10H2,1H3. The number of rotatable bonds is 4. The van der Waals surface area contributed by atoms with Crippen molar-refractivity contribution in [3.63, 3.8) is 0 Å². The summed E-state index contributed by atoms with van der Waals surface area (Å²) < 4.78 is 11.7. The van der Waals surface area contributed by atoms with E-state index in [1.807, 2.05) is 0 Å². The van der Waals surface area contributed by atoms with Crippen LogP contribution in [0.5, 0.6) is 0 Å². The lowest BCUT2D eigenvalue weighted by molar-refractivity contribution is -0.160. The van der Waals surface area contributed by atoms with Crippen LogP contribution in [0.25, 0.3) is 0 Å². The van der Waals surface area contributed by atoms with Gasteiger partial charge in [-0.1, -0.05) is 6.92 Å². The summed E-state index contributed by atoms with van der Waals surface area (Å²) >= 11 is 0. The monoisotopic (exact) mass is 250 g/mol. The largest absolute Gasteiger partial charge is 0.380 e. The van der Waals surface area contributed by atoms with Crippen LogP contribution in [0.3, 0.4) is 0 Å². The molecule has 2 nitrogen and oxygen atoms in total. The summed E-state index contributed by atoms with van der Waals surface area (Å²) in [5.74, 6) is 4.20. The summed E-state index contributed by atoms with van der Waals surface area (Å²) in [5.41, 5.74) is 0.372. The lowest BCUT2D eigenvalue weighted by Crippen LogP contribution is -2.46. The summed E-state index contributed by atoms with van der Waals surface area (Å²) in [6.45, 7) is 5.07. The number of fused-ring (bicyclic) bond motifs is 5. The van der Waals surface area contributed by atoms with Crippen molar-refractivity contribution in [2.45, 2.75) is 51.6 Å². The Bertz CT molecular complexity index is 300. The van der Waals surface area contributed by atoms with Crippen LogP contribution in [0.1, 0.15) is 45.4 Å². The highest BCUT2D eigenvalue weighted by molar-refractivity contribution is 5.02. The molecular weight excluding hydrogens is 224 g/mol. The summed E-state index contributed by atoms with van der Waals surface area (Å²) in [6.07, 6.45) is 9.11. The lowest BCUT2D eigenvalue weighted by atomic mass is 9.82. The third-order valence-electron chi connectivity index (χ3n) is 6.54. The molecule has 0 spiro atoms. The highest BCUT2D eigenvalue weighted by Crippen LogP contribution is 2.59. The van der Waals surface area contributed by atoms with Crippen LogP contribution >= 0.6 is 0 Å². The lowest BCUT2D eigenvalue weighted by Gasteiger charge is -2.41. The zero-order valence-electron chi connectivity index (χ0n) is 11.6. The first-order valence-corrected chi connectivity index (χ1v) is 7.99. The van der Waals surface area contributed by atoms with Crippen LogP contribution in [0, 0.1) is 29.1 Å². The average Bonchev–Trinajstić information content (AvgIpc) is 3.00.